The number of hydrogen-bond acceptors (Lipinski definition) is 3. The van der Waals surface area contributed by atoms with Crippen LogP contribution in [0.1, 0.15) is 40.0 Å². The van der Waals surface area contributed by atoms with Crippen LogP contribution in [-0.4, -0.2) is 23.8 Å². The van der Waals surface area contributed by atoms with Crippen molar-refractivity contribution < 1.29 is 14.6 Å². The van der Waals surface area contributed by atoms with Gasteiger partial charge in [-0.3, -0.25) is 4.79 Å². The largest absolute Gasteiger partial charge is 0.466 e. The molecule has 1 N–H and O–H groups in total. The first-order chi connectivity index (χ1) is 6.06. The summed E-state index contributed by atoms with van der Waals surface area (Å²) in [7, 11) is 0. The molecule has 0 spiro atoms. The standard InChI is InChI=1S/C10H20O3/c1-4-13-10(12)6-5-9(11)7-8(2)3/h8-9,11H,4-7H2,1-3H3. The molecule has 0 aliphatic rings. The molecule has 0 aromatic heterocycles. The van der Waals surface area contributed by atoms with E-state index in [1.807, 2.05) is 13.8 Å². The maximum absolute atomic E-state index is 10.9. The fourth-order valence-electron chi connectivity index (χ4n) is 1.18. The van der Waals surface area contributed by atoms with Gasteiger partial charge in [0.2, 0.25) is 0 Å². The van der Waals surface area contributed by atoms with Gasteiger partial charge in [-0.15, -0.1) is 0 Å². The Labute approximate surface area is 80.1 Å². The molecule has 0 saturated carbocycles. The van der Waals surface area contributed by atoms with Crippen molar-refractivity contribution in [2.24, 2.45) is 5.92 Å². The molecule has 0 heterocycles. The molecule has 1 unspecified atom stereocenters. The third-order valence-electron chi connectivity index (χ3n) is 1.73. The summed E-state index contributed by atoms with van der Waals surface area (Å²) in [4.78, 5) is 10.9. The van der Waals surface area contributed by atoms with Gasteiger partial charge in [0.25, 0.3) is 0 Å². The molecular formula is C10H20O3. The number of carbonyl (C=O) groups excluding carboxylic acids is 1. The fourth-order valence-corrected chi connectivity index (χ4v) is 1.18. The van der Waals surface area contributed by atoms with E-state index in [0.717, 1.165) is 6.42 Å². The Morgan fingerprint density at radius 2 is 2.08 bits per heavy atom. The summed E-state index contributed by atoms with van der Waals surface area (Å²) < 4.78 is 4.75. The van der Waals surface area contributed by atoms with Crippen LogP contribution in [0.3, 0.4) is 0 Å². The quantitative estimate of drug-likeness (QED) is 0.646. The second-order valence-corrected chi connectivity index (χ2v) is 3.63. The molecule has 0 aliphatic carbocycles. The Hall–Kier alpha value is -0.570. The fraction of sp³-hybridized carbons (Fsp3) is 0.900. The molecule has 0 aliphatic heterocycles. The zero-order valence-electron chi connectivity index (χ0n) is 8.75. The lowest BCUT2D eigenvalue weighted by Gasteiger charge is -2.11. The summed E-state index contributed by atoms with van der Waals surface area (Å²) in [6, 6.07) is 0. The van der Waals surface area contributed by atoms with Gasteiger partial charge in [0.15, 0.2) is 0 Å². The summed E-state index contributed by atoms with van der Waals surface area (Å²) >= 11 is 0. The van der Waals surface area contributed by atoms with Crippen molar-refractivity contribution in [1.29, 1.82) is 0 Å². The van der Waals surface area contributed by atoms with E-state index >= 15 is 0 Å². The van der Waals surface area contributed by atoms with Crippen LogP contribution >= 0.6 is 0 Å². The van der Waals surface area contributed by atoms with Gasteiger partial charge < -0.3 is 9.84 Å². The second-order valence-electron chi connectivity index (χ2n) is 3.63. The number of carbonyl (C=O) groups is 1. The predicted molar refractivity (Wildman–Crippen MR) is 51.3 cm³/mol. The van der Waals surface area contributed by atoms with Crippen molar-refractivity contribution in [2.75, 3.05) is 6.61 Å². The van der Waals surface area contributed by atoms with Crippen LogP contribution in [0.4, 0.5) is 0 Å². The first-order valence-corrected chi connectivity index (χ1v) is 4.90. The van der Waals surface area contributed by atoms with Crippen LogP contribution in [0.5, 0.6) is 0 Å². The number of esters is 1. The molecule has 0 amide bonds. The van der Waals surface area contributed by atoms with E-state index in [9.17, 15) is 9.90 Å². The highest BCUT2D eigenvalue weighted by molar-refractivity contribution is 5.69. The summed E-state index contributed by atoms with van der Waals surface area (Å²) in [5.74, 6) is 0.252. The number of aliphatic hydroxyl groups is 1. The van der Waals surface area contributed by atoms with Crippen LogP contribution in [0.25, 0.3) is 0 Å². The SMILES string of the molecule is CCOC(=O)CCC(O)CC(C)C. The Balaban J connectivity index is 3.45. The molecule has 0 saturated heterocycles. The minimum absolute atomic E-state index is 0.217. The minimum atomic E-state index is -0.371. The third-order valence-corrected chi connectivity index (χ3v) is 1.73. The highest BCUT2D eigenvalue weighted by Gasteiger charge is 2.09. The van der Waals surface area contributed by atoms with Gasteiger partial charge >= 0.3 is 5.97 Å². The monoisotopic (exact) mass is 188 g/mol. The minimum Gasteiger partial charge on any atom is -0.466 e. The molecule has 0 aromatic rings. The Morgan fingerprint density at radius 3 is 2.54 bits per heavy atom. The summed E-state index contributed by atoms with van der Waals surface area (Å²) in [5, 5.41) is 9.43. The lowest BCUT2D eigenvalue weighted by Crippen LogP contribution is -2.13. The molecule has 0 fully saturated rings. The maximum Gasteiger partial charge on any atom is 0.305 e. The van der Waals surface area contributed by atoms with Gasteiger partial charge in [0, 0.05) is 6.42 Å². The van der Waals surface area contributed by atoms with E-state index in [0.29, 0.717) is 25.4 Å². The van der Waals surface area contributed by atoms with Crippen LogP contribution in [0.15, 0.2) is 0 Å². The van der Waals surface area contributed by atoms with Gasteiger partial charge in [-0.25, -0.2) is 0 Å². The van der Waals surface area contributed by atoms with Crippen molar-refractivity contribution in [3.8, 4) is 0 Å². The smallest absolute Gasteiger partial charge is 0.305 e. The maximum atomic E-state index is 10.9. The average Bonchev–Trinajstić information content (AvgIpc) is 2.00. The molecule has 3 heteroatoms. The van der Waals surface area contributed by atoms with Gasteiger partial charge in [-0.05, 0) is 25.7 Å². The normalized spacial score (nSPS) is 13.0. The third kappa shape index (κ3) is 7.78. The molecule has 0 rings (SSSR count). The zero-order valence-corrected chi connectivity index (χ0v) is 8.75. The van der Waals surface area contributed by atoms with E-state index in [4.69, 9.17) is 4.74 Å². The van der Waals surface area contributed by atoms with Crippen molar-refractivity contribution in [2.45, 2.75) is 46.1 Å². The van der Waals surface area contributed by atoms with E-state index in [1.54, 1.807) is 6.92 Å². The lowest BCUT2D eigenvalue weighted by molar-refractivity contribution is -0.143. The molecule has 78 valence electrons. The Bertz CT molecular complexity index is 143. The molecule has 3 nitrogen and oxygen atoms in total. The zero-order chi connectivity index (χ0) is 10.3. The van der Waals surface area contributed by atoms with Crippen LogP contribution < -0.4 is 0 Å². The van der Waals surface area contributed by atoms with Crippen LogP contribution in [-0.2, 0) is 9.53 Å². The molecule has 0 radical (unpaired) electrons. The molecule has 1 atom stereocenters. The Morgan fingerprint density at radius 1 is 1.46 bits per heavy atom. The highest BCUT2D eigenvalue weighted by atomic mass is 16.5. The van der Waals surface area contributed by atoms with E-state index < -0.39 is 0 Å². The van der Waals surface area contributed by atoms with E-state index in [2.05, 4.69) is 0 Å². The van der Waals surface area contributed by atoms with Crippen molar-refractivity contribution in [3.05, 3.63) is 0 Å². The van der Waals surface area contributed by atoms with Gasteiger partial charge in [0.05, 0.1) is 12.7 Å². The average molecular weight is 188 g/mol. The molecule has 13 heavy (non-hydrogen) atoms. The summed E-state index contributed by atoms with van der Waals surface area (Å²) in [6.45, 7) is 6.29. The predicted octanol–water partition coefficient (Wildman–Crippen LogP) is 1.74. The first kappa shape index (κ1) is 12.4. The molecule has 0 bridgehead atoms. The topological polar surface area (TPSA) is 46.5 Å². The number of rotatable bonds is 6. The number of aliphatic hydroxyl groups excluding tert-OH is 1. The van der Waals surface area contributed by atoms with Gasteiger partial charge in [0.1, 0.15) is 0 Å². The first-order valence-electron chi connectivity index (χ1n) is 4.90. The van der Waals surface area contributed by atoms with Gasteiger partial charge in [-0.1, -0.05) is 13.8 Å². The van der Waals surface area contributed by atoms with Crippen LogP contribution in [0.2, 0.25) is 0 Å². The summed E-state index contributed by atoms with van der Waals surface area (Å²) in [6.07, 6.45) is 1.21. The summed E-state index contributed by atoms with van der Waals surface area (Å²) in [5.41, 5.74) is 0. The number of ether oxygens (including phenoxy) is 1. The second kappa shape index (κ2) is 6.89. The van der Waals surface area contributed by atoms with Crippen molar-refractivity contribution in [1.82, 2.24) is 0 Å². The highest BCUT2D eigenvalue weighted by Crippen LogP contribution is 2.09. The lowest BCUT2D eigenvalue weighted by atomic mass is 10.0. The van der Waals surface area contributed by atoms with Crippen molar-refractivity contribution >= 4 is 5.97 Å². The van der Waals surface area contributed by atoms with E-state index in [1.165, 1.54) is 0 Å². The number of hydrogen-bond donors (Lipinski definition) is 1. The van der Waals surface area contributed by atoms with Gasteiger partial charge in [-0.2, -0.15) is 0 Å². The molecule has 0 aromatic carbocycles. The Kier molecular flexibility index (Phi) is 6.59. The van der Waals surface area contributed by atoms with Crippen LogP contribution in [0, 0.1) is 5.92 Å². The van der Waals surface area contributed by atoms with Crippen molar-refractivity contribution in [3.63, 3.8) is 0 Å². The molecular weight excluding hydrogens is 168 g/mol. The van der Waals surface area contributed by atoms with E-state index in [-0.39, 0.29) is 12.1 Å².